The van der Waals surface area contributed by atoms with Gasteiger partial charge in [-0.25, -0.2) is 4.79 Å². The molecule has 2 N–H and O–H groups in total. The van der Waals surface area contributed by atoms with Crippen LogP contribution in [0.5, 0.6) is 0 Å². The van der Waals surface area contributed by atoms with E-state index in [9.17, 15) is 14.4 Å². The van der Waals surface area contributed by atoms with Crippen molar-refractivity contribution in [2.45, 2.75) is 44.7 Å². The van der Waals surface area contributed by atoms with Gasteiger partial charge in [-0.2, -0.15) is 11.8 Å². The summed E-state index contributed by atoms with van der Waals surface area (Å²) >= 11 is 3.24. The summed E-state index contributed by atoms with van der Waals surface area (Å²) in [5.74, 6) is 1.06. The predicted molar refractivity (Wildman–Crippen MR) is 121 cm³/mol. The molecular weight excluding hydrogens is 420 g/mol. The maximum absolute atomic E-state index is 12.7. The molecule has 8 heteroatoms. The van der Waals surface area contributed by atoms with E-state index < -0.39 is 18.2 Å². The number of carbonyl (C=O) groups excluding carboxylic acids is 3. The van der Waals surface area contributed by atoms with Crippen molar-refractivity contribution in [1.82, 2.24) is 10.6 Å². The van der Waals surface area contributed by atoms with E-state index in [2.05, 4.69) is 10.6 Å². The Balaban J connectivity index is 1.84. The van der Waals surface area contributed by atoms with Crippen molar-refractivity contribution in [3.05, 3.63) is 58.3 Å². The van der Waals surface area contributed by atoms with Crippen molar-refractivity contribution >= 4 is 41.4 Å². The molecule has 30 heavy (non-hydrogen) atoms. The number of rotatable bonds is 12. The lowest BCUT2D eigenvalue weighted by Crippen LogP contribution is -2.51. The summed E-state index contributed by atoms with van der Waals surface area (Å²) in [6, 6.07) is 12.0. The number of thioether (sulfide) groups is 1. The minimum atomic E-state index is -0.766. The standard InChI is InChI=1S/C22H28N2O4S2/c1-16(2)11-20(24-22(27)28-13-17-7-4-3-5-8-17)21(26)23-18(12-25)14-29-15-19-9-6-10-30-19/h3-10,12,16,18,20H,11,13-15H2,1-2H3,(H,23,26)(H,24,27)/t18?,20-/m1/s1. The molecule has 0 fully saturated rings. The van der Waals surface area contributed by atoms with E-state index in [-0.39, 0.29) is 18.4 Å². The van der Waals surface area contributed by atoms with Crippen LogP contribution in [-0.4, -0.2) is 36.1 Å². The molecule has 0 aliphatic heterocycles. The van der Waals surface area contributed by atoms with Crippen molar-refractivity contribution in [3.8, 4) is 0 Å². The normalized spacial score (nSPS) is 12.8. The van der Waals surface area contributed by atoms with E-state index in [0.717, 1.165) is 17.6 Å². The number of alkyl carbamates (subject to hydrolysis) is 1. The zero-order chi connectivity index (χ0) is 21.8. The second kappa shape index (κ2) is 13.1. The Morgan fingerprint density at radius 3 is 2.53 bits per heavy atom. The number of hydrogen-bond acceptors (Lipinski definition) is 6. The molecule has 0 saturated heterocycles. The quantitative estimate of drug-likeness (QED) is 0.479. The van der Waals surface area contributed by atoms with Gasteiger partial charge in [-0.1, -0.05) is 50.2 Å². The molecule has 1 unspecified atom stereocenters. The van der Waals surface area contributed by atoms with Crippen LogP contribution in [0.2, 0.25) is 0 Å². The first-order valence-corrected chi connectivity index (χ1v) is 11.8. The highest BCUT2D eigenvalue weighted by Gasteiger charge is 2.24. The van der Waals surface area contributed by atoms with Crippen molar-refractivity contribution < 1.29 is 19.1 Å². The van der Waals surface area contributed by atoms with Crippen LogP contribution in [0, 0.1) is 5.92 Å². The fourth-order valence-corrected chi connectivity index (χ4v) is 4.53. The first-order chi connectivity index (χ1) is 14.5. The number of ether oxygens (including phenoxy) is 1. The Labute approximate surface area is 185 Å². The molecule has 1 heterocycles. The summed E-state index contributed by atoms with van der Waals surface area (Å²) in [7, 11) is 0. The molecule has 0 radical (unpaired) electrons. The molecular formula is C22H28N2O4S2. The van der Waals surface area contributed by atoms with Gasteiger partial charge in [0.2, 0.25) is 5.91 Å². The minimum Gasteiger partial charge on any atom is -0.445 e. The summed E-state index contributed by atoms with van der Waals surface area (Å²) < 4.78 is 5.23. The van der Waals surface area contributed by atoms with E-state index in [1.54, 1.807) is 23.1 Å². The molecule has 0 spiro atoms. The van der Waals surface area contributed by atoms with Gasteiger partial charge in [-0.3, -0.25) is 4.79 Å². The first-order valence-electron chi connectivity index (χ1n) is 9.81. The maximum atomic E-state index is 12.7. The lowest BCUT2D eigenvalue weighted by Gasteiger charge is -2.22. The number of nitrogens with one attached hydrogen (secondary N) is 2. The molecule has 2 rings (SSSR count). The third-order valence-corrected chi connectivity index (χ3v) is 6.31. The lowest BCUT2D eigenvalue weighted by atomic mass is 10.0. The molecule has 2 amide bonds. The van der Waals surface area contributed by atoms with Gasteiger partial charge in [0.05, 0.1) is 6.04 Å². The van der Waals surface area contributed by atoms with Gasteiger partial charge in [0.1, 0.15) is 18.9 Å². The average molecular weight is 449 g/mol. The molecule has 2 aromatic rings. The zero-order valence-electron chi connectivity index (χ0n) is 17.2. The topological polar surface area (TPSA) is 84.5 Å². The molecule has 0 aliphatic carbocycles. The fraction of sp³-hybridized carbons (Fsp3) is 0.409. The fourth-order valence-electron chi connectivity index (χ4n) is 2.69. The Bertz CT molecular complexity index is 782. The van der Waals surface area contributed by atoms with Crippen LogP contribution in [0.25, 0.3) is 0 Å². The van der Waals surface area contributed by atoms with Crippen molar-refractivity contribution in [3.63, 3.8) is 0 Å². The number of carbonyl (C=O) groups is 3. The Morgan fingerprint density at radius 1 is 1.13 bits per heavy atom. The predicted octanol–water partition coefficient (Wildman–Crippen LogP) is 4.01. The van der Waals surface area contributed by atoms with Crippen LogP contribution >= 0.6 is 23.1 Å². The monoisotopic (exact) mass is 448 g/mol. The molecule has 0 saturated carbocycles. The van der Waals surface area contributed by atoms with E-state index in [4.69, 9.17) is 4.74 Å². The number of amides is 2. The van der Waals surface area contributed by atoms with Crippen molar-refractivity contribution in [2.75, 3.05) is 5.75 Å². The van der Waals surface area contributed by atoms with Gasteiger partial charge in [0.15, 0.2) is 0 Å². The molecule has 1 aromatic carbocycles. The van der Waals surface area contributed by atoms with Crippen molar-refractivity contribution in [1.29, 1.82) is 0 Å². The largest absolute Gasteiger partial charge is 0.445 e. The molecule has 0 aliphatic rings. The van der Waals surface area contributed by atoms with Gasteiger partial charge in [0, 0.05) is 16.4 Å². The molecule has 6 nitrogen and oxygen atoms in total. The Kier molecular flexibility index (Phi) is 10.4. The third kappa shape index (κ3) is 9.00. The van der Waals surface area contributed by atoms with Crippen LogP contribution in [0.3, 0.4) is 0 Å². The van der Waals surface area contributed by atoms with Gasteiger partial charge < -0.3 is 20.2 Å². The smallest absolute Gasteiger partial charge is 0.408 e. The molecule has 2 atom stereocenters. The summed E-state index contributed by atoms with van der Waals surface area (Å²) in [5, 5.41) is 7.38. The summed E-state index contributed by atoms with van der Waals surface area (Å²) in [5.41, 5.74) is 0.862. The lowest BCUT2D eigenvalue weighted by molar-refractivity contribution is -0.125. The number of aldehydes is 1. The number of thiophene rings is 1. The second-order valence-electron chi connectivity index (χ2n) is 7.23. The van der Waals surface area contributed by atoms with E-state index in [0.29, 0.717) is 12.2 Å². The van der Waals surface area contributed by atoms with Crippen LogP contribution in [0.1, 0.15) is 30.7 Å². The van der Waals surface area contributed by atoms with E-state index in [1.165, 1.54) is 4.88 Å². The number of benzene rings is 1. The maximum Gasteiger partial charge on any atom is 0.408 e. The van der Waals surface area contributed by atoms with Crippen molar-refractivity contribution in [2.24, 2.45) is 5.92 Å². The average Bonchev–Trinajstić information content (AvgIpc) is 3.25. The Hall–Kier alpha value is -2.32. The highest BCUT2D eigenvalue weighted by molar-refractivity contribution is 7.98. The highest BCUT2D eigenvalue weighted by atomic mass is 32.2. The van der Waals surface area contributed by atoms with Gasteiger partial charge in [0.25, 0.3) is 0 Å². The van der Waals surface area contributed by atoms with Crippen LogP contribution < -0.4 is 10.6 Å². The van der Waals surface area contributed by atoms with Crippen LogP contribution in [-0.2, 0) is 26.7 Å². The van der Waals surface area contributed by atoms with Crippen LogP contribution in [0.4, 0.5) is 4.79 Å². The van der Waals surface area contributed by atoms with Gasteiger partial charge >= 0.3 is 6.09 Å². The van der Waals surface area contributed by atoms with Gasteiger partial charge in [-0.15, -0.1) is 11.3 Å². The number of hydrogen-bond donors (Lipinski definition) is 2. The highest BCUT2D eigenvalue weighted by Crippen LogP contribution is 2.17. The van der Waals surface area contributed by atoms with Crippen LogP contribution in [0.15, 0.2) is 47.8 Å². The summed E-state index contributed by atoms with van der Waals surface area (Å²) in [6.07, 6.45) is 0.522. The summed E-state index contributed by atoms with van der Waals surface area (Å²) in [4.78, 5) is 37.5. The minimum absolute atomic E-state index is 0.124. The SMILES string of the molecule is CC(C)C[C@@H](NC(=O)OCc1ccccc1)C(=O)NC(C=O)CSCc1cccs1. The van der Waals surface area contributed by atoms with E-state index >= 15 is 0 Å². The van der Waals surface area contributed by atoms with E-state index in [1.807, 2.05) is 61.7 Å². The van der Waals surface area contributed by atoms with Gasteiger partial charge in [-0.05, 0) is 29.3 Å². The second-order valence-corrected chi connectivity index (χ2v) is 9.30. The first kappa shape index (κ1) is 24.0. The molecule has 0 bridgehead atoms. The third-order valence-electron chi connectivity index (χ3n) is 4.14. The summed E-state index contributed by atoms with van der Waals surface area (Å²) in [6.45, 7) is 4.05. The molecule has 1 aromatic heterocycles. The zero-order valence-corrected chi connectivity index (χ0v) is 18.8. The Morgan fingerprint density at radius 2 is 1.90 bits per heavy atom. The molecule has 162 valence electrons.